The number of benzene rings is 1. The second-order valence-corrected chi connectivity index (χ2v) is 7.94. The molecule has 0 aliphatic carbocycles. The molecule has 1 N–H and O–H groups in total. The van der Waals surface area contributed by atoms with E-state index in [2.05, 4.69) is 14.8 Å². The van der Waals surface area contributed by atoms with Crippen LogP contribution in [-0.4, -0.2) is 76.1 Å². The number of aromatic hydroxyl groups is 1. The van der Waals surface area contributed by atoms with Gasteiger partial charge >= 0.3 is 0 Å². The van der Waals surface area contributed by atoms with Crippen molar-refractivity contribution in [1.29, 1.82) is 0 Å². The highest BCUT2D eigenvalue weighted by atomic mass is 16.3. The quantitative estimate of drug-likeness (QED) is 0.856. The molecule has 7 heteroatoms. The Morgan fingerprint density at radius 3 is 2.41 bits per heavy atom. The maximum Gasteiger partial charge on any atom is 0.239 e. The van der Waals surface area contributed by atoms with Gasteiger partial charge in [0.05, 0.1) is 11.6 Å². The molecule has 2 aromatic rings. The van der Waals surface area contributed by atoms with Gasteiger partial charge in [-0.2, -0.15) is 0 Å². The molecule has 2 aliphatic rings. The van der Waals surface area contributed by atoms with E-state index in [0.717, 1.165) is 37.7 Å². The van der Waals surface area contributed by atoms with Gasteiger partial charge < -0.3 is 14.9 Å². The Balaban J connectivity index is 1.45. The summed E-state index contributed by atoms with van der Waals surface area (Å²) in [5, 5.41) is 10.2. The number of aromatic nitrogens is 2. The molecule has 1 aromatic heterocycles. The third kappa shape index (κ3) is 4.19. The number of aryl methyl sites for hydroxylation is 1. The predicted octanol–water partition coefficient (Wildman–Crippen LogP) is 2.29. The van der Waals surface area contributed by atoms with Crippen LogP contribution in [0.5, 0.6) is 5.75 Å². The van der Waals surface area contributed by atoms with Crippen LogP contribution < -0.4 is 4.90 Å². The standard InChI is InChI=1S/C22H29N5O2/c1-16-15-20(24-21(23-16)18-7-3-4-8-19(18)28)26-11-13-27(14-12-26)22(29)17(2)25-9-5-6-10-25/h3-4,7-8,15,17,28H,5-6,9-14H2,1-2H3. The Hall–Kier alpha value is -2.67. The molecule has 1 unspecified atom stereocenters. The number of likely N-dealkylation sites (tertiary alicyclic amines) is 1. The zero-order valence-corrected chi connectivity index (χ0v) is 17.2. The molecule has 29 heavy (non-hydrogen) atoms. The zero-order chi connectivity index (χ0) is 20.4. The molecule has 0 spiro atoms. The average molecular weight is 396 g/mol. The summed E-state index contributed by atoms with van der Waals surface area (Å²) in [4.78, 5) is 28.5. The maximum atomic E-state index is 12.9. The number of nitrogens with zero attached hydrogens (tertiary/aromatic N) is 5. The highest BCUT2D eigenvalue weighted by molar-refractivity contribution is 5.81. The number of amides is 1. The third-order valence-electron chi connectivity index (χ3n) is 5.95. The summed E-state index contributed by atoms with van der Waals surface area (Å²) in [6, 6.07) is 9.06. The van der Waals surface area contributed by atoms with Crippen LogP contribution in [0.2, 0.25) is 0 Å². The largest absolute Gasteiger partial charge is 0.507 e. The molecular weight excluding hydrogens is 366 g/mol. The van der Waals surface area contributed by atoms with E-state index in [0.29, 0.717) is 24.5 Å². The summed E-state index contributed by atoms with van der Waals surface area (Å²) in [5.41, 5.74) is 1.49. The summed E-state index contributed by atoms with van der Waals surface area (Å²) in [6.07, 6.45) is 2.38. The van der Waals surface area contributed by atoms with Gasteiger partial charge in [0.25, 0.3) is 0 Å². The van der Waals surface area contributed by atoms with Gasteiger partial charge in [-0.1, -0.05) is 12.1 Å². The van der Waals surface area contributed by atoms with Crippen molar-refractivity contribution < 1.29 is 9.90 Å². The minimum atomic E-state index is -0.0296. The molecule has 2 saturated heterocycles. The van der Waals surface area contributed by atoms with Gasteiger partial charge in [0, 0.05) is 37.9 Å². The monoisotopic (exact) mass is 395 g/mol. The van der Waals surface area contributed by atoms with Crippen molar-refractivity contribution in [2.24, 2.45) is 0 Å². The number of phenolic OH excluding ortho intramolecular Hbond substituents is 1. The molecule has 0 saturated carbocycles. The average Bonchev–Trinajstić information content (AvgIpc) is 3.27. The van der Waals surface area contributed by atoms with E-state index in [1.165, 1.54) is 12.8 Å². The van der Waals surface area contributed by atoms with Crippen molar-refractivity contribution >= 4 is 11.7 Å². The van der Waals surface area contributed by atoms with Crippen molar-refractivity contribution in [3.8, 4) is 17.1 Å². The van der Waals surface area contributed by atoms with Gasteiger partial charge in [0.1, 0.15) is 11.6 Å². The van der Waals surface area contributed by atoms with Gasteiger partial charge in [0.2, 0.25) is 5.91 Å². The maximum absolute atomic E-state index is 12.9. The third-order valence-corrected chi connectivity index (χ3v) is 5.95. The van der Waals surface area contributed by atoms with Crippen molar-refractivity contribution in [1.82, 2.24) is 19.8 Å². The first-order chi connectivity index (χ1) is 14.0. The first-order valence-corrected chi connectivity index (χ1v) is 10.4. The van der Waals surface area contributed by atoms with E-state index in [1.807, 2.05) is 36.9 Å². The molecule has 154 valence electrons. The zero-order valence-electron chi connectivity index (χ0n) is 17.2. The number of anilines is 1. The summed E-state index contributed by atoms with van der Waals surface area (Å²) in [7, 11) is 0. The lowest BCUT2D eigenvalue weighted by Crippen LogP contribution is -2.54. The molecule has 0 bridgehead atoms. The number of carbonyl (C=O) groups is 1. The summed E-state index contributed by atoms with van der Waals surface area (Å²) >= 11 is 0. The van der Waals surface area contributed by atoms with Crippen molar-refractivity contribution in [2.45, 2.75) is 32.7 Å². The lowest BCUT2D eigenvalue weighted by molar-refractivity contribution is -0.136. The van der Waals surface area contributed by atoms with E-state index in [9.17, 15) is 9.90 Å². The first kappa shape index (κ1) is 19.6. The Labute approximate surface area is 172 Å². The number of hydrogen-bond donors (Lipinski definition) is 1. The van der Waals surface area contributed by atoms with Crippen LogP contribution in [0, 0.1) is 6.92 Å². The van der Waals surface area contributed by atoms with Gasteiger partial charge in [-0.3, -0.25) is 9.69 Å². The smallest absolute Gasteiger partial charge is 0.239 e. The number of para-hydroxylation sites is 1. The summed E-state index contributed by atoms with van der Waals surface area (Å²) in [6.45, 7) is 8.92. The molecular formula is C22H29N5O2. The van der Waals surface area contributed by atoms with Crippen LogP contribution in [0.4, 0.5) is 5.82 Å². The molecule has 1 atom stereocenters. The fourth-order valence-corrected chi connectivity index (χ4v) is 4.20. The minimum absolute atomic E-state index is 0.0296. The molecule has 3 heterocycles. The van der Waals surface area contributed by atoms with Crippen LogP contribution >= 0.6 is 0 Å². The molecule has 2 aliphatic heterocycles. The Morgan fingerprint density at radius 2 is 1.72 bits per heavy atom. The lowest BCUT2D eigenvalue weighted by atomic mass is 10.2. The van der Waals surface area contributed by atoms with Crippen LogP contribution in [0.25, 0.3) is 11.4 Å². The number of phenols is 1. The summed E-state index contributed by atoms with van der Waals surface area (Å²) < 4.78 is 0. The molecule has 7 nitrogen and oxygen atoms in total. The highest BCUT2D eigenvalue weighted by Gasteiger charge is 2.30. The van der Waals surface area contributed by atoms with Gasteiger partial charge in [-0.05, 0) is 51.9 Å². The SMILES string of the molecule is Cc1cc(N2CCN(C(=O)C(C)N3CCCC3)CC2)nc(-c2ccccc2O)n1. The lowest BCUT2D eigenvalue weighted by Gasteiger charge is -2.38. The van der Waals surface area contributed by atoms with Gasteiger partial charge in [0.15, 0.2) is 5.82 Å². The van der Waals surface area contributed by atoms with Crippen LogP contribution in [0.1, 0.15) is 25.5 Å². The van der Waals surface area contributed by atoms with Gasteiger partial charge in [-0.15, -0.1) is 0 Å². The van der Waals surface area contributed by atoms with E-state index >= 15 is 0 Å². The second kappa shape index (κ2) is 8.37. The minimum Gasteiger partial charge on any atom is -0.507 e. The summed E-state index contributed by atoms with van der Waals surface area (Å²) in [5.74, 6) is 1.78. The Kier molecular flexibility index (Phi) is 5.67. The second-order valence-electron chi connectivity index (χ2n) is 7.94. The molecule has 2 fully saturated rings. The molecule has 0 radical (unpaired) electrons. The predicted molar refractivity (Wildman–Crippen MR) is 113 cm³/mol. The van der Waals surface area contributed by atoms with Crippen LogP contribution in [0.3, 0.4) is 0 Å². The van der Waals surface area contributed by atoms with E-state index in [-0.39, 0.29) is 17.7 Å². The molecule has 4 rings (SSSR count). The highest BCUT2D eigenvalue weighted by Crippen LogP contribution is 2.28. The van der Waals surface area contributed by atoms with Crippen molar-refractivity contribution in [2.75, 3.05) is 44.2 Å². The number of carbonyl (C=O) groups excluding carboxylic acids is 1. The molecule has 1 amide bonds. The first-order valence-electron chi connectivity index (χ1n) is 10.4. The number of rotatable bonds is 4. The van der Waals surface area contributed by atoms with Crippen LogP contribution in [-0.2, 0) is 4.79 Å². The fraction of sp³-hybridized carbons (Fsp3) is 0.500. The molecule has 1 aromatic carbocycles. The fourth-order valence-electron chi connectivity index (χ4n) is 4.20. The van der Waals surface area contributed by atoms with E-state index in [4.69, 9.17) is 4.98 Å². The number of hydrogen-bond acceptors (Lipinski definition) is 6. The Morgan fingerprint density at radius 1 is 1.03 bits per heavy atom. The van der Waals surface area contributed by atoms with E-state index in [1.54, 1.807) is 12.1 Å². The topological polar surface area (TPSA) is 72.8 Å². The normalized spacial score (nSPS) is 18.8. The number of piperazine rings is 1. The van der Waals surface area contributed by atoms with Gasteiger partial charge in [-0.25, -0.2) is 9.97 Å². The Bertz CT molecular complexity index is 873. The van der Waals surface area contributed by atoms with Crippen LogP contribution in [0.15, 0.2) is 30.3 Å². The van der Waals surface area contributed by atoms with Crippen molar-refractivity contribution in [3.05, 3.63) is 36.0 Å². The van der Waals surface area contributed by atoms with E-state index < -0.39 is 0 Å². The van der Waals surface area contributed by atoms with Crippen molar-refractivity contribution in [3.63, 3.8) is 0 Å².